The second-order valence-electron chi connectivity index (χ2n) is 25.7. The van der Waals surface area contributed by atoms with Gasteiger partial charge in [0.25, 0.3) is 0 Å². The molecule has 0 unspecified atom stereocenters. The van der Waals surface area contributed by atoms with E-state index < -0.39 is 0 Å². The van der Waals surface area contributed by atoms with E-state index in [9.17, 15) is 0 Å². The SMILES string of the molecule is [Ir].[Ir].[Ir].[c-]1c(-c2ccccn2)ccc2ccccc12.[c-]1ccc2c(c1-c1ncc3ccc4ccccc4c3n1)CCCC2.[c-]1ccc2ccccc2c1-c1ncc2c(ccc3ccccc32)n1.[c-]1ccccc1-c1ccccn1.[c-]1ccccc1-c1ccccn1.[c-]1ccccc1-c1ncc2c(ccc3ccccc32)n1. The largest absolute Gasteiger partial charge is 0.305 e. The molecular weight excluding hydrogens is 1890 g/mol. The zero-order valence-electron chi connectivity index (χ0n) is 59.9. The molecule has 111 heavy (non-hydrogen) atoms. The Hall–Kier alpha value is -12.2. The van der Waals surface area contributed by atoms with Crippen molar-refractivity contribution in [3.63, 3.8) is 0 Å². The van der Waals surface area contributed by atoms with Gasteiger partial charge >= 0.3 is 0 Å². The molecule has 6 heterocycles. The molecule has 12 heteroatoms. The molecular formula is C99H67Ir3N9-6. The maximum absolute atomic E-state index is 4.94. The summed E-state index contributed by atoms with van der Waals surface area (Å²) in [6, 6.07) is 127. The minimum Gasteiger partial charge on any atom is -0.305 e. The van der Waals surface area contributed by atoms with Crippen LogP contribution in [0.1, 0.15) is 24.0 Å². The van der Waals surface area contributed by atoms with Gasteiger partial charge in [0.1, 0.15) is 0 Å². The first kappa shape index (κ1) is 77.0. The third-order valence-electron chi connectivity index (χ3n) is 18.8. The first-order chi connectivity index (χ1) is 53.6. The predicted octanol–water partition coefficient (Wildman–Crippen LogP) is 23.6. The van der Waals surface area contributed by atoms with Crippen molar-refractivity contribution in [2.24, 2.45) is 0 Å². The fraction of sp³-hybridized carbons (Fsp3) is 0.0404. The average molecular weight is 1960 g/mol. The number of rotatable bonds is 6. The molecule has 1 aliphatic rings. The van der Waals surface area contributed by atoms with Gasteiger partial charge in [-0.15, -0.1) is 196 Å². The van der Waals surface area contributed by atoms with E-state index in [0.717, 1.165) is 118 Å². The van der Waals surface area contributed by atoms with Crippen molar-refractivity contribution in [2.75, 3.05) is 0 Å². The number of nitrogens with zero attached hydrogens (tertiary/aromatic N) is 9. The second kappa shape index (κ2) is 37.8. The Kier molecular flexibility index (Phi) is 26.2. The van der Waals surface area contributed by atoms with Gasteiger partial charge in [-0.25, -0.2) is 0 Å². The minimum atomic E-state index is 0. The van der Waals surface area contributed by atoms with Crippen LogP contribution in [-0.2, 0) is 73.2 Å². The van der Waals surface area contributed by atoms with Gasteiger partial charge in [-0.3, -0.25) is 34.9 Å². The van der Waals surface area contributed by atoms with Crippen molar-refractivity contribution in [3.8, 4) is 67.9 Å². The molecule has 0 amide bonds. The molecule has 0 N–H and O–H groups in total. The number of hydrogen-bond donors (Lipinski definition) is 0. The van der Waals surface area contributed by atoms with Crippen LogP contribution < -0.4 is 0 Å². The van der Waals surface area contributed by atoms with E-state index in [2.05, 4.69) is 205 Å². The Morgan fingerprint density at radius 3 is 1.27 bits per heavy atom. The summed E-state index contributed by atoms with van der Waals surface area (Å²) in [5.41, 5.74) is 14.8. The third-order valence-corrected chi connectivity index (χ3v) is 18.8. The summed E-state index contributed by atoms with van der Waals surface area (Å²) in [7, 11) is 0. The van der Waals surface area contributed by atoms with E-state index >= 15 is 0 Å². The Balaban J connectivity index is 0.000000118. The predicted molar refractivity (Wildman–Crippen MR) is 441 cm³/mol. The molecule has 0 saturated heterocycles. The van der Waals surface area contributed by atoms with Crippen LogP contribution in [0.2, 0.25) is 0 Å². The van der Waals surface area contributed by atoms with E-state index in [1.54, 1.807) is 18.6 Å². The Morgan fingerprint density at radius 1 is 0.252 bits per heavy atom. The van der Waals surface area contributed by atoms with Gasteiger partial charge < -0.3 is 9.97 Å². The van der Waals surface area contributed by atoms with Crippen LogP contribution in [0.5, 0.6) is 0 Å². The van der Waals surface area contributed by atoms with Gasteiger partial charge in [-0.2, -0.15) is 0 Å². The molecule has 0 aliphatic heterocycles. The molecule has 0 saturated carbocycles. The molecule has 9 nitrogen and oxygen atoms in total. The van der Waals surface area contributed by atoms with Crippen molar-refractivity contribution in [1.82, 2.24) is 44.9 Å². The molecule has 541 valence electrons. The molecule has 0 atom stereocenters. The summed E-state index contributed by atoms with van der Waals surface area (Å²) >= 11 is 0. The van der Waals surface area contributed by atoms with Crippen molar-refractivity contribution in [1.29, 1.82) is 0 Å². The summed E-state index contributed by atoms with van der Waals surface area (Å²) in [5, 5.41) is 15.1. The number of aromatic nitrogens is 9. The topological polar surface area (TPSA) is 116 Å². The van der Waals surface area contributed by atoms with Crippen molar-refractivity contribution in [3.05, 3.63) is 406 Å². The van der Waals surface area contributed by atoms with Gasteiger partial charge in [0.05, 0.1) is 34.0 Å². The fourth-order valence-corrected chi connectivity index (χ4v) is 13.4. The number of hydrogen-bond acceptors (Lipinski definition) is 9. The monoisotopic (exact) mass is 1960 g/mol. The third kappa shape index (κ3) is 18.4. The standard InChI is InChI=1S/C22H17N2.C22H13N2.C18H11N2.C15H10N.2C11H8N.3Ir/c1-3-9-18-15(6-1)8-5-11-20(18)22-23-14-17-13-12-16-7-2-4-10-19(16)21(17)24-22;1-3-9-17-15(6-1)8-5-11-19(17)22-23-14-20-18-10-4-2-7-16(18)12-13-21(20)24-22;1-2-7-14(8-3-1)18-19-12-16-15-9-5-4-6-13(15)10-11-17(16)20-18;1-2-6-13-11-14(9-8-12(13)5-1)15-7-3-4-10-16-15;2*1-2-6-10(7-3-1)11-8-4-5-9-12-11;;;/h2,4-5,7-8,10,12-14H,1,3,6,9H2;1-10,12-14H;1-7,9-12H;1-10H;2*1-6,8-9H;;;/q6*-1;;;. The maximum Gasteiger partial charge on any atom is 0.0761 e. The zero-order chi connectivity index (χ0) is 72.5. The number of aryl methyl sites for hydroxylation is 1. The van der Waals surface area contributed by atoms with Gasteiger partial charge in [-0.05, 0) is 75.1 Å². The van der Waals surface area contributed by atoms with Crippen LogP contribution in [0.15, 0.2) is 359 Å². The van der Waals surface area contributed by atoms with Crippen LogP contribution in [0.25, 0.3) is 155 Å². The van der Waals surface area contributed by atoms with Crippen LogP contribution in [-0.4, -0.2) is 44.9 Å². The Bertz CT molecular complexity index is 6290. The average Bonchev–Trinajstić information content (AvgIpc) is 0.783. The number of fused-ring (bicyclic) bond motifs is 12. The minimum absolute atomic E-state index is 0. The zero-order valence-corrected chi connectivity index (χ0v) is 67.1. The van der Waals surface area contributed by atoms with E-state index in [1.807, 2.05) is 207 Å². The Labute approximate surface area is 685 Å². The normalized spacial score (nSPS) is 11.1. The smallest absolute Gasteiger partial charge is 0.0761 e. The van der Waals surface area contributed by atoms with E-state index in [-0.39, 0.29) is 60.3 Å². The quantitative estimate of drug-likeness (QED) is 0.119. The summed E-state index contributed by atoms with van der Waals surface area (Å²) < 4.78 is 0. The van der Waals surface area contributed by atoms with Crippen LogP contribution in [0, 0.1) is 36.4 Å². The van der Waals surface area contributed by atoms with Crippen molar-refractivity contribution in [2.45, 2.75) is 25.7 Å². The Morgan fingerprint density at radius 2 is 0.685 bits per heavy atom. The second-order valence-corrected chi connectivity index (χ2v) is 25.7. The molecule has 1 aliphatic carbocycles. The van der Waals surface area contributed by atoms with Gasteiger partial charge in [0.2, 0.25) is 0 Å². The fourth-order valence-electron chi connectivity index (χ4n) is 13.4. The van der Waals surface area contributed by atoms with Gasteiger partial charge in [0.15, 0.2) is 0 Å². The van der Waals surface area contributed by atoms with Gasteiger partial charge in [0, 0.05) is 125 Å². The molecule has 6 aromatic heterocycles. The van der Waals surface area contributed by atoms with E-state index in [1.165, 1.54) is 67.1 Å². The summed E-state index contributed by atoms with van der Waals surface area (Å²) in [5.74, 6) is 2.24. The van der Waals surface area contributed by atoms with E-state index in [4.69, 9.17) is 9.97 Å². The van der Waals surface area contributed by atoms with Crippen LogP contribution in [0.4, 0.5) is 0 Å². The number of pyridine rings is 3. The number of benzene rings is 14. The molecule has 3 radical (unpaired) electrons. The molecule has 0 bridgehead atoms. The first-order valence-electron chi connectivity index (χ1n) is 36.0. The maximum atomic E-state index is 4.94. The summed E-state index contributed by atoms with van der Waals surface area (Å²) in [6.07, 6.45) is 15.9. The first-order valence-corrected chi connectivity index (χ1v) is 36.0. The van der Waals surface area contributed by atoms with Gasteiger partial charge in [-0.1, -0.05) is 217 Å². The van der Waals surface area contributed by atoms with E-state index in [0.29, 0.717) is 5.82 Å². The van der Waals surface area contributed by atoms with Crippen LogP contribution in [0.3, 0.4) is 0 Å². The van der Waals surface area contributed by atoms with Crippen molar-refractivity contribution < 1.29 is 60.3 Å². The molecule has 21 rings (SSSR count). The molecule has 0 spiro atoms. The molecule has 14 aromatic carbocycles. The summed E-state index contributed by atoms with van der Waals surface area (Å²) in [6.45, 7) is 0. The van der Waals surface area contributed by atoms with Crippen LogP contribution >= 0.6 is 0 Å². The van der Waals surface area contributed by atoms with Crippen molar-refractivity contribution >= 4 is 86.6 Å². The molecule has 20 aromatic rings. The summed E-state index contributed by atoms with van der Waals surface area (Å²) in [4.78, 5) is 40.9. The molecule has 0 fully saturated rings.